The van der Waals surface area contributed by atoms with Gasteiger partial charge in [-0.3, -0.25) is 0 Å². The number of nitrogens with zero attached hydrogens (tertiary/aromatic N) is 3. The van der Waals surface area contributed by atoms with Crippen LogP contribution < -0.4 is 9.47 Å². The molecule has 154 valence electrons. The first-order valence-corrected chi connectivity index (χ1v) is 10.9. The summed E-state index contributed by atoms with van der Waals surface area (Å²) < 4.78 is 11.2. The Morgan fingerprint density at radius 1 is 1.18 bits per heavy atom. The number of likely N-dealkylation sites (tertiary alicyclic amines) is 1. The van der Waals surface area contributed by atoms with Crippen LogP contribution in [0.4, 0.5) is 0 Å². The van der Waals surface area contributed by atoms with E-state index >= 15 is 0 Å². The molecule has 0 spiro atoms. The molecule has 0 aromatic carbocycles. The van der Waals surface area contributed by atoms with Crippen LogP contribution in [0.2, 0.25) is 0 Å². The topological polar surface area (TPSA) is 67.7 Å². The van der Waals surface area contributed by atoms with Crippen molar-refractivity contribution in [2.24, 2.45) is 17.8 Å². The molecular weight excluding hydrogens is 354 g/mol. The van der Waals surface area contributed by atoms with Gasteiger partial charge in [-0.15, -0.1) is 0 Å². The number of fused-ring (bicyclic) bond motifs is 1. The van der Waals surface area contributed by atoms with E-state index in [1.54, 1.807) is 6.20 Å². The minimum atomic E-state index is -0.916. The summed E-state index contributed by atoms with van der Waals surface area (Å²) in [6.07, 6.45) is 11.8. The van der Waals surface area contributed by atoms with Gasteiger partial charge in [-0.25, -0.2) is 4.98 Å². The van der Waals surface area contributed by atoms with Gasteiger partial charge in [0.05, 0.1) is 18.8 Å². The van der Waals surface area contributed by atoms with E-state index in [1.807, 2.05) is 13.8 Å². The number of allylic oxidation sites excluding steroid dienone is 2. The monoisotopic (exact) mass is 387 g/mol. The molecule has 4 rings (SSSR count). The fourth-order valence-electron chi connectivity index (χ4n) is 5.35. The highest BCUT2D eigenvalue weighted by Crippen LogP contribution is 2.52. The third kappa shape index (κ3) is 3.77. The van der Waals surface area contributed by atoms with E-state index in [1.165, 1.54) is 19.3 Å². The summed E-state index contributed by atoms with van der Waals surface area (Å²) >= 11 is 0. The van der Waals surface area contributed by atoms with Crippen molar-refractivity contribution in [3.05, 3.63) is 23.9 Å². The molecule has 2 heterocycles. The van der Waals surface area contributed by atoms with Crippen LogP contribution >= 0.6 is 0 Å². The first kappa shape index (κ1) is 19.6. The van der Waals surface area contributed by atoms with E-state index in [9.17, 15) is 5.11 Å². The van der Waals surface area contributed by atoms with Crippen LogP contribution in [0, 0.1) is 17.8 Å². The molecule has 1 saturated carbocycles. The van der Waals surface area contributed by atoms with Crippen LogP contribution in [0.5, 0.6) is 11.9 Å². The summed E-state index contributed by atoms with van der Waals surface area (Å²) in [5, 5.41) is 11.7. The third-order valence-electron chi connectivity index (χ3n) is 6.67. The van der Waals surface area contributed by atoms with Crippen molar-refractivity contribution in [2.75, 3.05) is 32.8 Å². The number of ether oxygens (including phenoxy) is 2. The number of hydrogen-bond donors (Lipinski definition) is 1. The molecule has 1 aliphatic heterocycles. The van der Waals surface area contributed by atoms with Crippen LogP contribution in [-0.2, 0) is 5.60 Å². The first-order valence-electron chi connectivity index (χ1n) is 10.9. The highest BCUT2D eigenvalue weighted by Gasteiger charge is 2.54. The van der Waals surface area contributed by atoms with Gasteiger partial charge in [-0.1, -0.05) is 12.2 Å². The maximum absolute atomic E-state index is 11.7. The molecule has 1 aromatic rings. The Morgan fingerprint density at radius 3 is 2.79 bits per heavy atom. The molecule has 1 saturated heterocycles. The van der Waals surface area contributed by atoms with Gasteiger partial charge in [0, 0.05) is 31.7 Å². The van der Waals surface area contributed by atoms with E-state index in [0.29, 0.717) is 31.0 Å². The Labute approximate surface area is 168 Å². The second-order valence-electron chi connectivity index (χ2n) is 8.44. The molecule has 0 amide bonds. The Morgan fingerprint density at radius 2 is 2.04 bits per heavy atom. The smallest absolute Gasteiger partial charge is 0.319 e. The van der Waals surface area contributed by atoms with Gasteiger partial charge in [-0.05, 0) is 57.8 Å². The Balaban J connectivity index is 1.52. The number of aliphatic hydroxyl groups is 1. The van der Waals surface area contributed by atoms with E-state index in [2.05, 4.69) is 27.0 Å². The number of rotatable bonds is 7. The van der Waals surface area contributed by atoms with Crippen molar-refractivity contribution in [3.63, 3.8) is 0 Å². The van der Waals surface area contributed by atoms with Gasteiger partial charge in [0.1, 0.15) is 5.60 Å². The van der Waals surface area contributed by atoms with Gasteiger partial charge >= 0.3 is 6.01 Å². The van der Waals surface area contributed by atoms with Crippen molar-refractivity contribution in [3.8, 4) is 11.9 Å². The third-order valence-corrected chi connectivity index (χ3v) is 6.67. The minimum absolute atomic E-state index is 0.215. The van der Waals surface area contributed by atoms with Crippen molar-refractivity contribution in [1.29, 1.82) is 0 Å². The second kappa shape index (κ2) is 8.37. The Bertz CT molecular complexity index is 710. The summed E-state index contributed by atoms with van der Waals surface area (Å²) in [7, 11) is 0. The normalized spacial score (nSPS) is 32.5. The SMILES string of the molecule is CCOc1ncc([C@]2(O)CC[C@H]3CN(C[C@H]4CC=CCC4)C[C@H]32)c(OCC)n1. The fourth-order valence-corrected chi connectivity index (χ4v) is 5.35. The van der Waals surface area contributed by atoms with E-state index in [0.717, 1.165) is 44.0 Å². The van der Waals surface area contributed by atoms with Crippen molar-refractivity contribution in [1.82, 2.24) is 14.9 Å². The molecular formula is C22H33N3O3. The van der Waals surface area contributed by atoms with Gasteiger partial charge in [-0.2, -0.15) is 4.98 Å². The van der Waals surface area contributed by atoms with Gasteiger partial charge in [0.2, 0.25) is 5.88 Å². The lowest BCUT2D eigenvalue weighted by Crippen LogP contribution is -2.36. The quantitative estimate of drug-likeness (QED) is 0.725. The Hall–Kier alpha value is -1.66. The molecule has 0 radical (unpaired) electrons. The number of aromatic nitrogens is 2. The zero-order chi connectivity index (χ0) is 19.6. The van der Waals surface area contributed by atoms with Crippen molar-refractivity contribution >= 4 is 0 Å². The first-order chi connectivity index (χ1) is 13.6. The predicted molar refractivity (Wildman–Crippen MR) is 107 cm³/mol. The van der Waals surface area contributed by atoms with E-state index in [-0.39, 0.29) is 5.92 Å². The molecule has 6 heteroatoms. The molecule has 1 N–H and O–H groups in total. The summed E-state index contributed by atoms with van der Waals surface area (Å²) in [6.45, 7) is 8.03. The zero-order valence-corrected chi connectivity index (χ0v) is 17.1. The van der Waals surface area contributed by atoms with Gasteiger partial charge < -0.3 is 19.5 Å². The van der Waals surface area contributed by atoms with Crippen LogP contribution in [0.3, 0.4) is 0 Å². The highest BCUT2D eigenvalue weighted by molar-refractivity contribution is 5.34. The van der Waals surface area contributed by atoms with Crippen molar-refractivity contribution < 1.29 is 14.6 Å². The second-order valence-corrected chi connectivity index (χ2v) is 8.44. The molecule has 6 nitrogen and oxygen atoms in total. The lowest BCUT2D eigenvalue weighted by atomic mass is 9.83. The maximum atomic E-state index is 11.7. The van der Waals surface area contributed by atoms with Gasteiger partial charge in [0.25, 0.3) is 0 Å². The van der Waals surface area contributed by atoms with Crippen molar-refractivity contribution in [2.45, 2.75) is 51.6 Å². The van der Waals surface area contributed by atoms with Gasteiger partial charge in [0.15, 0.2) is 0 Å². The fraction of sp³-hybridized carbons (Fsp3) is 0.727. The molecule has 1 aromatic heterocycles. The molecule has 28 heavy (non-hydrogen) atoms. The lowest BCUT2D eigenvalue weighted by Gasteiger charge is -2.32. The lowest BCUT2D eigenvalue weighted by molar-refractivity contribution is -0.0104. The van der Waals surface area contributed by atoms with Crippen LogP contribution in [0.1, 0.15) is 51.5 Å². The molecule has 2 fully saturated rings. The molecule has 0 unspecified atom stereocenters. The largest absolute Gasteiger partial charge is 0.478 e. The average molecular weight is 388 g/mol. The van der Waals surface area contributed by atoms with Crippen LogP contribution in [0.15, 0.2) is 18.3 Å². The molecule has 2 aliphatic carbocycles. The number of hydrogen-bond acceptors (Lipinski definition) is 6. The van der Waals surface area contributed by atoms with Crippen LogP contribution in [0.25, 0.3) is 0 Å². The minimum Gasteiger partial charge on any atom is -0.478 e. The summed E-state index contributed by atoms with van der Waals surface area (Å²) in [5.41, 5.74) is -0.186. The zero-order valence-electron chi connectivity index (χ0n) is 17.1. The standard InChI is InChI=1S/C22H33N3O3/c1-3-27-20-18(12-23-21(24-20)28-4-2)22(26)11-10-17-14-25(15-19(17)22)13-16-8-6-5-7-9-16/h5-6,12,16-17,19,26H,3-4,7-11,13-15H2,1-2H3/t16-,17-,19+,22+/m0/s1. The summed E-state index contributed by atoms with van der Waals surface area (Å²) in [4.78, 5) is 11.3. The average Bonchev–Trinajstić information content (AvgIpc) is 3.24. The summed E-state index contributed by atoms with van der Waals surface area (Å²) in [5.74, 6) is 1.97. The molecule has 4 atom stereocenters. The highest BCUT2D eigenvalue weighted by atomic mass is 16.5. The van der Waals surface area contributed by atoms with E-state index in [4.69, 9.17) is 9.47 Å². The summed E-state index contributed by atoms with van der Waals surface area (Å²) in [6, 6.07) is 0.311. The predicted octanol–water partition coefficient (Wildman–Crippen LogP) is 3.16. The maximum Gasteiger partial charge on any atom is 0.319 e. The Kier molecular flexibility index (Phi) is 5.88. The molecule has 3 aliphatic rings. The van der Waals surface area contributed by atoms with E-state index < -0.39 is 5.60 Å². The molecule has 0 bridgehead atoms. The van der Waals surface area contributed by atoms with Crippen LogP contribution in [-0.4, -0.2) is 52.8 Å².